The van der Waals surface area contributed by atoms with Gasteiger partial charge in [0.25, 0.3) is 5.89 Å². The second-order valence-electron chi connectivity index (χ2n) is 3.92. The molecule has 0 aliphatic carbocycles. The van der Waals surface area contributed by atoms with E-state index in [4.69, 9.17) is 16.1 Å². The van der Waals surface area contributed by atoms with Crippen molar-refractivity contribution in [2.24, 2.45) is 0 Å². The van der Waals surface area contributed by atoms with Crippen molar-refractivity contribution in [1.29, 1.82) is 0 Å². The highest BCUT2D eigenvalue weighted by Gasteiger charge is 2.07. The molecule has 1 atom stereocenters. The molecule has 2 rings (SSSR count). The van der Waals surface area contributed by atoms with Gasteiger partial charge in [-0.25, -0.2) is 0 Å². The maximum Gasteiger partial charge on any atom is 0.250 e. The van der Waals surface area contributed by atoms with Gasteiger partial charge in [0, 0.05) is 23.4 Å². The minimum absolute atomic E-state index is 0. The lowest BCUT2D eigenvalue weighted by Gasteiger charge is -2.04. The van der Waals surface area contributed by atoms with Crippen molar-refractivity contribution in [2.45, 2.75) is 19.4 Å². The van der Waals surface area contributed by atoms with Crippen LogP contribution in [0.1, 0.15) is 23.5 Å². The van der Waals surface area contributed by atoms with Gasteiger partial charge in [0.15, 0.2) is 5.82 Å². The molecule has 0 amide bonds. The van der Waals surface area contributed by atoms with E-state index < -0.39 is 0 Å². The lowest BCUT2D eigenvalue weighted by atomic mass is 10.2. The fourth-order valence-corrected chi connectivity index (χ4v) is 2.33. The van der Waals surface area contributed by atoms with Crippen molar-refractivity contribution in [2.75, 3.05) is 7.05 Å². The first-order chi connectivity index (χ1) is 8.67. The van der Waals surface area contributed by atoms with Gasteiger partial charge < -0.3 is 9.84 Å². The Balaban J connectivity index is 0.00000180. The molecule has 0 spiro atoms. The smallest absolute Gasteiger partial charge is 0.250 e. The summed E-state index contributed by atoms with van der Waals surface area (Å²) >= 11 is 7.35. The third kappa shape index (κ3) is 4.95. The number of rotatable bonds is 5. The molecule has 0 aliphatic rings. The van der Waals surface area contributed by atoms with Gasteiger partial charge >= 0.3 is 0 Å². The van der Waals surface area contributed by atoms with E-state index in [9.17, 15) is 0 Å². The summed E-state index contributed by atoms with van der Waals surface area (Å²) in [6.45, 7) is 2.07. The zero-order valence-electron chi connectivity index (χ0n) is 10.6. The minimum atomic E-state index is 0. The van der Waals surface area contributed by atoms with Gasteiger partial charge in [0.2, 0.25) is 0 Å². The lowest BCUT2D eigenvalue weighted by Crippen LogP contribution is -2.24. The Morgan fingerprint density at radius 1 is 1.47 bits per heavy atom. The van der Waals surface area contributed by atoms with Crippen molar-refractivity contribution in [3.8, 4) is 0 Å². The highest BCUT2D eigenvalue weighted by atomic mass is 35.5. The average molecular weight is 320 g/mol. The lowest BCUT2D eigenvalue weighted by molar-refractivity contribution is 0.400. The summed E-state index contributed by atoms with van der Waals surface area (Å²) in [6, 6.07) is 4.14. The van der Waals surface area contributed by atoms with E-state index in [0.29, 0.717) is 17.8 Å². The number of nitrogens with zero attached hydrogens (tertiary/aromatic N) is 2. The SMILES string of the molecule is CNC(C)Cc1noc(/C=C/c2ccc(Cl)s2)n1.Cl. The van der Waals surface area contributed by atoms with E-state index in [0.717, 1.165) is 15.6 Å². The molecule has 0 aliphatic heterocycles. The molecule has 0 bridgehead atoms. The molecule has 1 unspecified atom stereocenters. The second kappa shape index (κ2) is 7.65. The summed E-state index contributed by atoms with van der Waals surface area (Å²) in [6.07, 6.45) is 4.46. The molecule has 0 saturated heterocycles. The number of nitrogens with one attached hydrogen (secondary N) is 1. The Morgan fingerprint density at radius 2 is 2.26 bits per heavy atom. The van der Waals surface area contributed by atoms with Gasteiger partial charge in [-0.15, -0.1) is 23.7 Å². The molecule has 0 saturated carbocycles. The molecule has 104 valence electrons. The van der Waals surface area contributed by atoms with Gasteiger partial charge in [-0.1, -0.05) is 16.8 Å². The number of halogens is 2. The highest BCUT2D eigenvalue weighted by Crippen LogP contribution is 2.23. The van der Waals surface area contributed by atoms with Gasteiger partial charge in [-0.05, 0) is 32.2 Å². The van der Waals surface area contributed by atoms with Gasteiger partial charge in [-0.3, -0.25) is 0 Å². The Labute approximate surface area is 127 Å². The fourth-order valence-electron chi connectivity index (χ4n) is 1.37. The number of aromatic nitrogens is 2. The van der Waals surface area contributed by atoms with Crippen LogP contribution in [0.3, 0.4) is 0 Å². The zero-order chi connectivity index (χ0) is 13.0. The van der Waals surface area contributed by atoms with E-state index >= 15 is 0 Å². The molecule has 0 aromatic carbocycles. The van der Waals surface area contributed by atoms with Crippen molar-refractivity contribution in [1.82, 2.24) is 15.5 Å². The van der Waals surface area contributed by atoms with Crippen LogP contribution in [0.2, 0.25) is 4.34 Å². The van der Waals surface area contributed by atoms with Crippen molar-refractivity contribution >= 4 is 47.5 Å². The van der Waals surface area contributed by atoms with E-state index in [-0.39, 0.29) is 12.4 Å². The number of hydrogen-bond acceptors (Lipinski definition) is 5. The van der Waals surface area contributed by atoms with Crippen LogP contribution < -0.4 is 5.32 Å². The third-order valence-electron chi connectivity index (χ3n) is 2.45. The Bertz CT molecular complexity index is 539. The van der Waals surface area contributed by atoms with Crippen molar-refractivity contribution < 1.29 is 4.52 Å². The molecule has 1 N–H and O–H groups in total. The van der Waals surface area contributed by atoms with Crippen LogP contribution in [0.25, 0.3) is 12.2 Å². The van der Waals surface area contributed by atoms with Crippen LogP contribution in [0.5, 0.6) is 0 Å². The van der Waals surface area contributed by atoms with Crippen molar-refractivity contribution in [3.05, 3.63) is 33.1 Å². The predicted molar refractivity (Wildman–Crippen MR) is 82.0 cm³/mol. The molecule has 0 radical (unpaired) electrons. The molecule has 2 aromatic rings. The number of hydrogen-bond donors (Lipinski definition) is 1. The first-order valence-electron chi connectivity index (χ1n) is 5.60. The quantitative estimate of drug-likeness (QED) is 0.916. The van der Waals surface area contributed by atoms with Crippen LogP contribution in [0.15, 0.2) is 16.7 Å². The minimum Gasteiger partial charge on any atom is -0.335 e. The summed E-state index contributed by atoms with van der Waals surface area (Å²) < 4.78 is 5.90. The fraction of sp³-hybridized carbons (Fsp3) is 0.333. The Kier molecular flexibility index (Phi) is 6.51. The summed E-state index contributed by atoms with van der Waals surface area (Å²) in [4.78, 5) is 5.35. The average Bonchev–Trinajstić information content (AvgIpc) is 2.96. The first-order valence-corrected chi connectivity index (χ1v) is 6.80. The third-order valence-corrected chi connectivity index (χ3v) is 3.65. The van der Waals surface area contributed by atoms with Gasteiger partial charge in [-0.2, -0.15) is 4.98 Å². The number of likely N-dealkylation sites (N-methyl/N-ethyl adjacent to an activating group) is 1. The molecule has 0 fully saturated rings. The monoisotopic (exact) mass is 319 g/mol. The summed E-state index contributed by atoms with van der Waals surface area (Å²) in [5.41, 5.74) is 0. The molecular formula is C12H15Cl2N3OS. The molecule has 7 heteroatoms. The molecule has 2 aromatic heterocycles. The summed E-state index contributed by atoms with van der Waals surface area (Å²) in [7, 11) is 1.91. The highest BCUT2D eigenvalue weighted by molar-refractivity contribution is 7.17. The molecular weight excluding hydrogens is 305 g/mol. The Hall–Kier alpha value is -0.880. The standard InChI is InChI=1S/C12H14ClN3OS.ClH/c1-8(14-2)7-11-15-12(17-16-11)6-4-9-3-5-10(13)18-9;/h3-6,8,14H,7H2,1-2H3;1H/b6-4+;. The topological polar surface area (TPSA) is 51.0 Å². The largest absolute Gasteiger partial charge is 0.335 e. The van der Waals surface area contributed by atoms with Gasteiger partial charge in [0.1, 0.15) is 0 Å². The summed E-state index contributed by atoms with van der Waals surface area (Å²) in [5.74, 6) is 1.22. The maximum atomic E-state index is 5.85. The van der Waals surface area contributed by atoms with E-state index in [1.165, 1.54) is 11.3 Å². The molecule has 2 heterocycles. The van der Waals surface area contributed by atoms with Crippen molar-refractivity contribution in [3.63, 3.8) is 0 Å². The van der Waals surface area contributed by atoms with Crippen LogP contribution in [0.4, 0.5) is 0 Å². The van der Waals surface area contributed by atoms with Crippen LogP contribution in [-0.4, -0.2) is 23.2 Å². The Morgan fingerprint density at radius 3 is 2.89 bits per heavy atom. The number of thiophene rings is 1. The second-order valence-corrected chi connectivity index (χ2v) is 5.66. The summed E-state index contributed by atoms with van der Waals surface area (Å²) in [5, 5.41) is 7.05. The first kappa shape index (κ1) is 16.2. The molecule has 4 nitrogen and oxygen atoms in total. The van der Waals surface area contributed by atoms with E-state index in [1.54, 1.807) is 6.08 Å². The van der Waals surface area contributed by atoms with Crippen LogP contribution >= 0.6 is 35.3 Å². The van der Waals surface area contributed by atoms with Crippen LogP contribution in [-0.2, 0) is 6.42 Å². The predicted octanol–water partition coefficient (Wildman–Crippen LogP) is 3.53. The molecule has 19 heavy (non-hydrogen) atoms. The van der Waals surface area contributed by atoms with Gasteiger partial charge in [0.05, 0.1) is 4.34 Å². The van der Waals surface area contributed by atoms with E-state index in [2.05, 4.69) is 22.4 Å². The normalized spacial score (nSPS) is 12.6. The van der Waals surface area contributed by atoms with E-state index in [1.807, 2.05) is 25.3 Å². The van der Waals surface area contributed by atoms with Crippen LogP contribution in [0, 0.1) is 0 Å². The zero-order valence-corrected chi connectivity index (χ0v) is 13.0. The maximum absolute atomic E-state index is 5.85.